The minimum atomic E-state index is -4.18. The lowest BCUT2D eigenvalue weighted by atomic mass is 10.0. The maximum absolute atomic E-state index is 13.3. The highest BCUT2D eigenvalue weighted by Gasteiger charge is 2.42. The molecular weight excluding hydrogens is 386 g/mol. The number of carbonyl (C=O) groups is 1. The van der Waals surface area contributed by atoms with Gasteiger partial charge in [-0.3, -0.25) is 14.9 Å². The molecule has 28 heavy (non-hydrogen) atoms. The Hall–Kier alpha value is -2.04. The van der Waals surface area contributed by atoms with Crippen LogP contribution in [0.2, 0.25) is 0 Å². The minimum absolute atomic E-state index is 0.128. The summed E-state index contributed by atoms with van der Waals surface area (Å²) in [7, 11) is -4.18. The molecule has 0 aliphatic carbocycles. The lowest BCUT2D eigenvalue weighted by molar-refractivity contribution is -0.387. The number of hydrogen-bond acceptors (Lipinski definition) is 6. The Morgan fingerprint density at radius 1 is 1.18 bits per heavy atom. The number of ether oxygens (including phenoxy) is 1. The average Bonchev–Trinajstić information content (AvgIpc) is 2.66. The third-order valence-electron chi connectivity index (χ3n) is 5.12. The highest BCUT2D eigenvalue weighted by atomic mass is 32.2. The van der Waals surface area contributed by atoms with E-state index in [0.29, 0.717) is 25.9 Å². The van der Waals surface area contributed by atoms with Gasteiger partial charge in [0, 0.05) is 25.7 Å². The number of rotatable bonds is 4. The molecule has 10 heteroatoms. The number of amides is 1. The summed E-state index contributed by atoms with van der Waals surface area (Å²) in [5.41, 5.74) is -0.479. The van der Waals surface area contributed by atoms with E-state index in [1.165, 1.54) is 24.3 Å². The summed E-state index contributed by atoms with van der Waals surface area (Å²) in [5, 5.41) is 11.3. The molecule has 2 saturated heterocycles. The Bertz CT molecular complexity index is 849. The van der Waals surface area contributed by atoms with Crippen LogP contribution in [0.25, 0.3) is 0 Å². The molecule has 0 radical (unpaired) electrons. The number of piperidine rings is 1. The molecule has 1 amide bonds. The SMILES string of the molecule is CC1CN(C(=O)C2CCCCN2S(=O)(=O)c2ccccc2[N+](=O)[O-])CC(C)O1. The molecule has 2 aliphatic rings. The van der Waals surface area contributed by atoms with Crippen LogP contribution < -0.4 is 0 Å². The molecule has 0 spiro atoms. The molecular formula is C18H25N3O6S. The molecule has 154 valence electrons. The lowest BCUT2D eigenvalue weighted by Crippen LogP contribution is -2.57. The van der Waals surface area contributed by atoms with Gasteiger partial charge in [-0.05, 0) is 32.8 Å². The molecule has 0 aromatic heterocycles. The van der Waals surface area contributed by atoms with Crippen LogP contribution in [0.5, 0.6) is 0 Å². The van der Waals surface area contributed by atoms with E-state index >= 15 is 0 Å². The third kappa shape index (κ3) is 4.03. The number of carbonyl (C=O) groups excluding carboxylic acids is 1. The molecule has 0 bridgehead atoms. The Balaban J connectivity index is 1.93. The number of para-hydroxylation sites is 1. The second-order valence-corrected chi connectivity index (χ2v) is 9.21. The average molecular weight is 411 g/mol. The summed E-state index contributed by atoms with van der Waals surface area (Å²) in [6, 6.07) is 4.41. The Morgan fingerprint density at radius 3 is 2.46 bits per heavy atom. The van der Waals surface area contributed by atoms with Crippen LogP contribution >= 0.6 is 0 Å². The second kappa shape index (κ2) is 8.14. The van der Waals surface area contributed by atoms with Crippen molar-refractivity contribution in [3.05, 3.63) is 34.4 Å². The van der Waals surface area contributed by atoms with Gasteiger partial charge < -0.3 is 9.64 Å². The standard InChI is InChI=1S/C18H25N3O6S/c1-13-11-19(12-14(2)27-13)18(22)16-8-5-6-10-20(16)28(25,26)17-9-4-3-7-15(17)21(23)24/h3-4,7,9,13-14,16H,5-6,8,10-12H2,1-2H3. The van der Waals surface area contributed by atoms with E-state index in [-0.39, 0.29) is 29.6 Å². The summed E-state index contributed by atoms with van der Waals surface area (Å²) in [5.74, 6) is -0.260. The van der Waals surface area contributed by atoms with Crippen LogP contribution in [0, 0.1) is 10.1 Å². The van der Waals surface area contributed by atoms with Gasteiger partial charge >= 0.3 is 0 Å². The minimum Gasteiger partial charge on any atom is -0.372 e. The van der Waals surface area contributed by atoms with Gasteiger partial charge in [0.05, 0.1) is 17.1 Å². The fourth-order valence-corrected chi connectivity index (χ4v) is 5.77. The summed E-state index contributed by atoms with van der Waals surface area (Å²) >= 11 is 0. The first-order chi connectivity index (χ1) is 13.2. The van der Waals surface area contributed by atoms with Gasteiger partial charge in [-0.1, -0.05) is 18.6 Å². The summed E-state index contributed by atoms with van der Waals surface area (Å²) in [6.07, 6.45) is 1.49. The molecule has 2 aliphatic heterocycles. The Kier molecular flexibility index (Phi) is 6.01. The molecule has 1 aromatic rings. The maximum atomic E-state index is 13.3. The molecule has 0 saturated carbocycles. The van der Waals surface area contributed by atoms with Crippen molar-refractivity contribution in [3.8, 4) is 0 Å². The predicted octanol–water partition coefficient (Wildman–Crippen LogP) is 1.77. The van der Waals surface area contributed by atoms with Crippen molar-refractivity contribution in [2.24, 2.45) is 0 Å². The van der Waals surface area contributed by atoms with E-state index in [1.54, 1.807) is 4.90 Å². The van der Waals surface area contributed by atoms with Crippen LogP contribution in [0.3, 0.4) is 0 Å². The van der Waals surface area contributed by atoms with Gasteiger partial charge in [0.2, 0.25) is 5.91 Å². The molecule has 3 atom stereocenters. The normalized spacial score (nSPS) is 26.8. The van der Waals surface area contributed by atoms with Gasteiger partial charge in [-0.15, -0.1) is 0 Å². The molecule has 9 nitrogen and oxygen atoms in total. The summed E-state index contributed by atoms with van der Waals surface area (Å²) in [4.78, 5) is 25.1. The van der Waals surface area contributed by atoms with Crippen molar-refractivity contribution in [2.45, 2.75) is 56.3 Å². The van der Waals surface area contributed by atoms with Crippen LogP contribution in [-0.4, -0.2) is 66.3 Å². The van der Waals surface area contributed by atoms with Gasteiger partial charge in [0.15, 0.2) is 4.90 Å². The van der Waals surface area contributed by atoms with E-state index < -0.39 is 26.7 Å². The number of morpholine rings is 1. The van der Waals surface area contributed by atoms with Crippen LogP contribution in [0.1, 0.15) is 33.1 Å². The smallest absolute Gasteiger partial charge is 0.289 e. The van der Waals surface area contributed by atoms with Crippen LogP contribution in [0.4, 0.5) is 5.69 Å². The van der Waals surface area contributed by atoms with Crippen molar-refractivity contribution < 1.29 is 22.9 Å². The third-order valence-corrected chi connectivity index (χ3v) is 7.07. The van der Waals surface area contributed by atoms with Crippen molar-refractivity contribution in [1.29, 1.82) is 0 Å². The quantitative estimate of drug-likeness (QED) is 0.552. The lowest BCUT2D eigenvalue weighted by Gasteiger charge is -2.40. The van der Waals surface area contributed by atoms with E-state index in [4.69, 9.17) is 4.74 Å². The first-order valence-electron chi connectivity index (χ1n) is 9.41. The van der Waals surface area contributed by atoms with Crippen LogP contribution in [0.15, 0.2) is 29.2 Å². The van der Waals surface area contributed by atoms with E-state index in [9.17, 15) is 23.3 Å². The van der Waals surface area contributed by atoms with Crippen molar-refractivity contribution in [3.63, 3.8) is 0 Å². The monoisotopic (exact) mass is 411 g/mol. The highest BCUT2D eigenvalue weighted by molar-refractivity contribution is 7.89. The zero-order chi connectivity index (χ0) is 20.5. The van der Waals surface area contributed by atoms with Crippen molar-refractivity contribution >= 4 is 21.6 Å². The fraction of sp³-hybridized carbons (Fsp3) is 0.611. The molecule has 3 rings (SSSR count). The van der Waals surface area contributed by atoms with E-state index in [1.807, 2.05) is 13.8 Å². The molecule has 1 aromatic carbocycles. The molecule has 2 fully saturated rings. The van der Waals surface area contributed by atoms with Gasteiger partial charge in [0.1, 0.15) is 6.04 Å². The number of hydrogen-bond donors (Lipinski definition) is 0. The first kappa shape index (κ1) is 20.7. The molecule has 0 N–H and O–H groups in total. The fourth-order valence-electron chi connectivity index (χ4n) is 3.96. The molecule has 3 unspecified atom stereocenters. The largest absolute Gasteiger partial charge is 0.372 e. The number of sulfonamides is 1. The van der Waals surface area contributed by atoms with E-state index in [2.05, 4.69) is 0 Å². The maximum Gasteiger partial charge on any atom is 0.289 e. The van der Waals surface area contributed by atoms with E-state index in [0.717, 1.165) is 10.7 Å². The Morgan fingerprint density at radius 2 is 1.82 bits per heavy atom. The summed E-state index contributed by atoms with van der Waals surface area (Å²) < 4.78 is 33.3. The topological polar surface area (TPSA) is 110 Å². The van der Waals surface area contributed by atoms with Gasteiger partial charge in [-0.2, -0.15) is 4.31 Å². The Labute approximate surface area is 164 Å². The second-order valence-electron chi connectivity index (χ2n) is 7.35. The number of nitrogens with zero attached hydrogens (tertiary/aromatic N) is 3. The number of benzene rings is 1. The highest BCUT2D eigenvalue weighted by Crippen LogP contribution is 2.31. The van der Waals surface area contributed by atoms with Crippen molar-refractivity contribution in [1.82, 2.24) is 9.21 Å². The number of nitro groups is 1. The number of nitro benzene ring substituents is 1. The van der Waals surface area contributed by atoms with Crippen LogP contribution in [-0.2, 0) is 19.6 Å². The van der Waals surface area contributed by atoms with Gasteiger partial charge in [0.25, 0.3) is 15.7 Å². The molecule has 2 heterocycles. The predicted molar refractivity (Wildman–Crippen MR) is 101 cm³/mol. The summed E-state index contributed by atoms with van der Waals surface area (Å²) in [6.45, 7) is 4.72. The zero-order valence-electron chi connectivity index (χ0n) is 16.0. The van der Waals surface area contributed by atoms with Crippen molar-refractivity contribution in [2.75, 3.05) is 19.6 Å². The zero-order valence-corrected chi connectivity index (χ0v) is 16.8. The first-order valence-corrected chi connectivity index (χ1v) is 10.9. The van der Waals surface area contributed by atoms with Gasteiger partial charge in [-0.25, -0.2) is 8.42 Å².